The zero-order valence-electron chi connectivity index (χ0n) is 16.7. The summed E-state index contributed by atoms with van der Waals surface area (Å²) < 4.78 is 5.12. The zero-order valence-corrected chi connectivity index (χ0v) is 16.7. The van der Waals surface area contributed by atoms with Gasteiger partial charge in [-0.05, 0) is 37.8 Å². The molecule has 4 fully saturated rings. The van der Waals surface area contributed by atoms with Gasteiger partial charge in [0.05, 0.1) is 12.3 Å². The summed E-state index contributed by atoms with van der Waals surface area (Å²) in [5.41, 5.74) is 0. The van der Waals surface area contributed by atoms with Crippen molar-refractivity contribution < 1.29 is 23.6 Å². The van der Waals surface area contributed by atoms with Crippen LogP contribution in [0, 0.1) is 5.92 Å². The van der Waals surface area contributed by atoms with Crippen LogP contribution in [0.2, 0.25) is 0 Å². The van der Waals surface area contributed by atoms with Gasteiger partial charge in [0.1, 0.15) is 12.1 Å². The number of carbonyl (C=O) groups is 4. The molecule has 30 heavy (non-hydrogen) atoms. The molecule has 4 atom stereocenters. The predicted molar refractivity (Wildman–Crippen MR) is 104 cm³/mol. The molecule has 9 heteroatoms. The van der Waals surface area contributed by atoms with Crippen LogP contribution in [0.15, 0.2) is 22.8 Å². The summed E-state index contributed by atoms with van der Waals surface area (Å²) in [5.74, 6) is -0.541. The Balaban J connectivity index is 1.33. The standard InChI is InChI=1S/C21H26N4O5/c26-18-15-10-13(22-19(27)16-6-3-9-30-16)11-25(15)21(29)17-14(23-18)7-8-24(17)20(28)12-4-1-2-5-12/h3,6,9,12-15,17H,1-2,4-5,7-8,10-11H2,(H,22,27)(H,23,26). The number of carbonyl (C=O) groups excluding carboxylic acids is 4. The van der Waals surface area contributed by atoms with Crippen LogP contribution in [0.25, 0.3) is 0 Å². The summed E-state index contributed by atoms with van der Waals surface area (Å²) in [6, 6.07) is 1.23. The van der Waals surface area contributed by atoms with Crippen molar-refractivity contribution in [3.63, 3.8) is 0 Å². The Labute approximate surface area is 174 Å². The van der Waals surface area contributed by atoms with Crippen LogP contribution >= 0.6 is 0 Å². The van der Waals surface area contributed by atoms with Gasteiger partial charge in [0, 0.05) is 25.0 Å². The van der Waals surface area contributed by atoms with Crippen molar-refractivity contribution in [1.29, 1.82) is 0 Å². The quantitative estimate of drug-likeness (QED) is 0.737. The summed E-state index contributed by atoms with van der Waals surface area (Å²) >= 11 is 0. The molecule has 4 amide bonds. The fourth-order valence-electron chi connectivity index (χ4n) is 5.45. The number of nitrogens with zero attached hydrogens (tertiary/aromatic N) is 2. The second-order valence-corrected chi connectivity index (χ2v) is 8.75. The van der Waals surface area contributed by atoms with E-state index in [4.69, 9.17) is 4.42 Å². The summed E-state index contributed by atoms with van der Waals surface area (Å²) in [5, 5.41) is 5.84. The third-order valence-corrected chi connectivity index (χ3v) is 6.93. The number of rotatable bonds is 3. The number of furan rings is 1. The first-order valence-corrected chi connectivity index (χ1v) is 10.8. The predicted octanol–water partition coefficient (Wildman–Crippen LogP) is 0.268. The fraction of sp³-hybridized carbons (Fsp3) is 0.619. The van der Waals surface area contributed by atoms with Crippen LogP contribution in [-0.2, 0) is 14.4 Å². The minimum atomic E-state index is -0.647. The molecule has 1 aromatic heterocycles. The Morgan fingerprint density at radius 2 is 1.97 bits per heavy atom. The molecule has 3 aliphatic heterocycles. The molecule has 160 valence electrons. The van der Waals surface area contributed by atoms with E-state index in [0.717, 1.165) is 25.7 Å². The van der Waals surface area contributed by atoms with Gasteiger partial charge in [-0.15, -0.1) is 0 Å². The summed E-state index contributed by atoms with van der Waals surface area (Å²) in [6.45, 7) is 0.742. The van der Waals surface area contributed by atoms with Gasteiger partial charge in [-0.2, -0.15) is 0 Å². The van der Waals surface area contributed by atoms with Crippen molar-refractivity contribution in [3.8, 4) is 0 Å². The van der Waals surface area contributed by atoms with E-state index in [9.17, 15) is 19.2 Å². The molecule has 0 aromatic carbocycles. The molecule has 3 saturated heterocycles. The van der Waals surface area contributed by atoms with Crippen molar-refractivity contribution in [2.45, 2.75) is 62.7 Å². The van der Waals surface area contributed by atoms with Crippen LogP contribution in [-0.4, -0.2) is 70.7 Å². The largest absolute Gasteiger partial charge is 0.459 e. The average molecular weight is 414 g/mol. The molecular weight excluding hydrogens is 388 g/mol. The molecule has 0 bridgehead atoms. The van der Waals surface area contributed by atoms with Gasteiger partial charge >= 0.3 is 0 Å². The molecule has 1 aromatic rings. The number of amides is 4. The average Bonchev–Trinajstić information content (AvgIpc) is 3.53. The minimum absolute atomic E-state index is 0.00906. The Bertz CT molecular complexity index is 863. The lowest BCUT2D eigenvalue weighted by Gasteiger charge is -2.30. The van der Waals surface area contributed by atoms with E-state index in [-0.39, 0.29) is 53.9 Å². The number of nitrogens with one attached hydrogen (secondary N) is 2. The molecule has 1 saturated carbocycles. The Morgan fingerprint density at radius 3 is 2.70 bits per heavy atom. The van der Waals surface area contributed by atoms with Gasteiger partial charge in [0.15, 0.2) is 5.76 Å². The molecule has 0 radical (unpaired) electrons. The lowest BCUT2D eigenvalue weighted by atomic mass is 10.0. The van der Waals surface area contributed by atoms with Crippen LogP contribution in [0.3, 0.4) is 0 Å². The summed E-state index contributed by atoms with van der Waals surface area (Å²) in [7, 11) is 0. The third-order valence-electron chi connectivity index (χ3n) is 6.93. The Morgan fingerprint density at radius 1 is 1.17 bits per heavy atom. The summed E-state index contributed by atoms with van der Waals surface area (Å²) in [6.07, 6.45) is 6.22. The first-order valence-electron chi connectivity index (χ1n) is 10.8. The molecule has 2 N–H and O–H groups in total. The van der Waals surface area contributed by atoms with E-state index in [1.807, 2.05) is 0 Å². The first kappa shape index (κ1) is 19.1. The van der Waals surface area contributed by atoms with Crippen LogP contribution in [0.4, 0.5) is 0 Å². The Hall–Kier alpha value is -2.84. The van der Waals surface area contributed by atoms with Crippen molar-refractivity contribution in [1.82, 2.24) is 20.4 Å². The van der Waals surface area contributed by atoms with E-state index in [0.29, 0.717) is 19.4 Å². The minimum Gasteiger partial charge on any atom is -0.459 e. The van der Waals surface area contributed by atoms with Crippen molar-refractivity contribution in [3.05, 3.63) is 24.2 Å². The maximum Gasteiger partial charge on any atom is 0.287 e. The monoisotopic (exact) mass is 414 g/mol. The number of hydrogen-bond donors (Lipinski definition) is 2. The van der Waals surface area contributed by atoms with Gasteiger partial charge in [0.2, 0.25) is 17.7 Å². The number of fused-ring (bicyclic) bond motifs is 2. The van der Waals surface area contributed by atoms with Crippen molar-refractivity contribution >= 4 is 23.6 Å². The van der Waals surface area contributed by atoms with Gasteiger partial charge in [0.25, 0.3) is 5.91 Å². The highest BCUT2D eigenvalue weighted by Gasteiger charge is 2.53. The number of hydrogen-bond acceptors (Lipinski definition) is 5. The smallest absolute Gasteiger partial charge is 0.287 e. The fourth-order valence-corrected chi connectivity index (χ4v) is 5.45. The van der Waals surface area contributed by atoms with Gasteiger partial charge in [-0.3, -0.25) is 19.2 Å². The molecule has 9 nitrogen and oxygen atoms in total. The highest BCUT2D eigenvalue weighted by Crippen LogP contribution is 2.33. The van der Waals surface area contributed by atoms with E-state index in [1.54, 1.807) is 21.9 Å². The second kappa shape index (κ2) is 7.45. The number of likely N-dealkylation sites (tertiary alicyclic amines) is 1. The molecule has 4 aliphatic rings. The highest BCUT2D eigenvalue weighted by atomic mass is 16.3. The molecule has 4 heterocycles. The van der Waals surface area contributed by atoms with Gasteiger partial charge in [-0.25, -0.2) is 0 Å². The second-order valence-electron chi connectivity index (χ2n) is 8.75. The first-order chi connectivity index (χ1) is 14.5. The van der Waals surface area contributed by atoms with Crippen LogP contribution in [0.5, 0.6) is 0 Å². The topological polar surface area (TPSA) is 112 Å². The lowest BCUT2D eigenvalue weighted by molar-refractivity contribution is -0.146. The Kier molecular flexibility index (Phi) is 4.75. The third kappa shape index (κ3) is 3.16. The zero-order chi connectivity index (χ0) is 20.8. The van der Waals surface area contributed by atoms with Gasteiger partial charge in [-0.1, -0.05) is 12.8 Å². The SMILES string of the molecule is O=C(NC1CC2C(=O)NC3CCN(C(=O)C4CCCC4)C3C(=O)N2C1)c1ccco1. The molecular formula is C21H26N4O5. The van der Waals surface area contributed by atoms with E-state index in [2.05, 4.69) is 10.6 Å². The molecule has 0 spiro atoms. The van der Waals surface area contributed by atoms with Gasteiger partial charge < -0.3 is 24.9 Å². The van der Waals surface area contributed by atoms with E-state index >= 15 is 0 Å². The molecule has 1 aliphatic carbocycles. The molecule has 5 rings (SSSR count). The maximum absolute atomic E-state index is 13.5. The normalized spacial score (nSPS) is 31.3. The van der Waals surface area contributed by atoms with Crippen LogP contribution < -0.4 is 10.6 Å². The maximum atomic E-state index is 13.5. The van der Waals surface area contributed by atoms with E-state index in [1.165, 1.54) is 6.26 Å². The highest BCUT2D eigenvalue weighted by molar-refractivity contribution is 5.97. The summed E-state index contributed by atoms with van der Waals surface area (Å²) in [4.78, 5) is 54.9. The lowest BCUT2D eigenvalue weighted by Crippen LogP contribution is -2.53. The molecule has 4 unspecified atom stereocenters. The van der Waals surface area contributed by atoms with Crippen LogP contribution in [0.1, 0.15) is 49.1 Å². The van der Waals surface area contributed by atoms with Crippen molar-refractivity contribution in [2.75, 3.05) is 13.1 Å². The van der Waals surface area contributed by atoms with E-state index < -0.39 is 12.1 Å². The van der Waals surface area contributed by atoms with Crippen molar-refractivity contribution in [2.24, 2.45) is 5.92 Å².